The van der Waals surface area contributed by atoms with Gasteiger partial charge in [0.05, 0.1) is 18.2 Å². The number of methoxy groups -OCH3 is 1. The van der Waals surface area contributed by atoms with Crippen LogP contribution in [0.25, 0.3) is 16.5 Å². The Kier molecular flexibility index (Phi) is 5.29. The fourth-order valence-corrected chi connectivity index (χ4v) is 3.21. The Morgan fingerprint density at radius 1 is 1.08 bits per heavy atom. The Morgan fingerprint density at radius 2 is 1.85 bits per heavy atom. The zero-order valence-corrected chi connectivity index (χ0v) is 14.8. The summed E-state index contributed by atoms with van der Waals surface area (Å²) in [5.41, 5.74) is 2.43. The first-order valence-corrected chi connectivity index (χ1v) is 8.74. The van der Waals surface area contributed by atoms with Crippen molar-refractivity contribution >= 4 is 29.2 Å². The molecule has 0 unspecified atom stereocenters. The van der Waals surface area contributed by atoms with Crippen LogP contribution in [0, 0.1) is 0 Å². The van der Waals surface area contributed by atoms with Gasteiger partial charge in [-0.05, 0) is 52.9 Å². The summed E-state index contributed by atoms with van der Waals surface area (Å²) in [7, 11) is 1.54. The van der Waals surface area contributed by atoms with Gasteiger partial charge >= 0.3 is 5.97 Å². The van der Waals surface area contributed by atoms with Crippen molar-refractivity contribution in [3.63, 3.8) is 0 Å². The van der Waals surface area contributed by atoms with E-state index in [4.69, 9.17) is 9.84 Å². The van der Waals surface area contributed by atoms with Crippen molar-refractivity contribution in [3.05, 3.63) is 82.7 Å². The number of ketones is 1. The molecule has 1 aromatic heterocycles. The highest BCUT2D eigenvalue weighted by Crippen LogP contribution is 2.30. The lowest BCUT2D eigenvalue weighted by molar-refractivity contribution is 0.0696. The first kappa shape index (κ1) is 17.6. The number of ether oxygens (including phenoxy) is 1. The van der Waals surface area contributed by atoms with Gasteiger partial charge in [-0.2, -0.15) is 0 Å². The summed E-state index contributed by atoms with van der Waals surface area (Å²) >= 11 is 1.62. The largest absolute Gasteiger partial charge is 0.496 e. The Labute approximate surface area is 155 Å². The smallest absolute Gasteiger partial charge is 0.335 e. The van der Waals surface area contributed by atoms with Crippen LogP contribution >= 0.6 is 11.3 Å². The van der Waals surface area contributed by atoms with E-state index in [-0.39, 0.29) is 11.3 Å². The standard InChI is InChI=1S/C21H16O4S/c1-25-19-13-16(20-3-2-12-26-20)9-10-17(19)18(22)11-6-14-4-7-15(8-5-14)21(23)24/h2-13H,1H3,(H,23,24)/b11-6+. The Hall–Kier alpha value is -3.18. The number of thiophene rings is 1. The topological polar surface area (TPSA) is 63.6 Å². The highest BCUT2D eigenvalue weighted by molar-refractivity contribution is 7.13. The van der Waals surface area contributed by atoms with Gasteiger partial charge in [0.25, 0.3) is 0 Å². The Bertz CT molecular complexity index is 954. The maximum absolute atomic E-state index is 12.5. The van der Waals surface area contributed by atoms with Gasteiger partial charge in [0.15, 0.2) is 5.78 Å². The minimum Gasteiger partial charge on any atom is -0.496 e. The number of benzene rings is 2. The van der Waals surface area contributed by atoms with E-state index in [1.54, 1.807) is 42.7 Å². The van der Waals surface area contributed by atoms with E-state index in [2.05, 4.69) is 0 Å². The third-order valence-corrected chi connectivity index (χ3v) is 4.78. The van der Waals surface area contributed by atoms with Crippen molar-refractivity contribution in [1.29, 1.82) is 0 Å². The molecule has 3 aromatic rings. The molecule has 0 fully saturated rings. The molecule has 4 nitrogen and oxygen atoms in total. The van der Waals surface area contributed by atoms with Crippen LogP contribution in [-0.4, -0.2) is 24.0 Å². The van der Waals surface area contributed by atoms with Crippen LogP contribution < -0.4 is 4.74 Å². The van der Waals surface area contributed by atoms with Crippen LogP contribution in [-0.2, 0) is 0 Å². The molecule has 130 valence electrons. The van der Waals surface area contributed by atoms with Crippen LogP contribution in [0.4, 0.5) is 0 Å². The van der Waals surface area contributed by atoms with Crippen LogP contribution in [0.1, 0.15) is 26.3 Å². The molecule has 0 radical (unpaired) electrons. The van der Waals surface area contributed by atoms with Gasteiger partial charge in [-0.25, -0.2) is 4.79 Å². The molecule has 1 heterocycles. The monoisotopic (exact) mass is 364 g/mol. The number of hydrogen-bond donors (Lipinski definition) is 1. The van der Waals surface area contributed by atoms with Gasteiger partial charge in [-0.3, -0.25) is 4.79 Å². The van der Waals surface area contributed by atoms with E-state index in [1.165, 1.54) is 18.2 Å². The minimum absolute atomic E-state index is 0.179. The van der Waals surface area contributed by atoms with Crippen LogP contribution in [0.5, 0.6) is 5.75 Å². The van der Waals surface area contributed by atoms with Crippen molar-refractivity contribution in [1.82, 2.24) is 0 Å². The Morgan fingerprint density at radius 3 is 2.46 bits per heavy atom. The quantitative estimate of drug-likeness (QED) is 0.493. The first-order valence-electron chi connectivity index (χ1n) is 7.86. The fraction of sp³-hybridized carbons (Fsp3) is 0.0476. The lowest BCUT2D eigenvalue weighted by Crippen LogP contribution is -1.99. The van der Waals surface area contributed by atoms with Crippen molar-refractivity contribution in [2.45, 2.75) is 0 Å². The summed E-state index contributed by atoms with van der Waals surface area (Å²) in [5.74, 6) is -0.638. The highest BCUT2D eigenvalue weighted by atomic mass is 32.1. The zero-order valence-electron chi connectivity index (χ0n) is 14.0. The number of rotatable bonds is 6. The fourth-order valence-electron chi connectivity index (χ4n) is 2.49. The van der Waals surface area contributed by atoms with E-state index >= 15 is 0 Å². The Balaban J connectivity index is 1.81. The molecule has 2 aromatic carbocycles. The van der Waals surface area contributed by atoms with Crippen LogP contribution in [0.2, 0.25) is 0 Å². The molecule has 1 N–H and O–H groups in total. The second-order valence-electron chi connectivity index (χ2n) is 5.52. The second kappa shape index (κ2) is 7.80. The van der Waals surface area contributed by atoms with E-state index < -0.39 is 5.97 Å². The molecular formula is C21H16O4S. The molecule has 0 spiro atoms. The van der Waals surface area contributed by atoms with Crippen molar-refractivity contribution < 1.29 is 19.4 Å². The second-order valence-corrected chi connectivity index (χ2v) is 6.46. The molecule has 26 heavy (non-hydrogen) atoms. The summed E-state index contributed by atoms with van der Waals surface area (Å²) in [6, 6.07) is 15.8. The summed E-state index contributed by atoms with van der Waals surface area (Å²) in [6.45, 7) is 0. The molecular weight excluding hydrogens is 348 g/mol. The molecule has 0 saturated heterocycles. The minimum atomic E-state index is -0.979. The number of carboxylic acid groups (broad SMARTS) is 1. The predicted octanol–water partition coefficient (Wildman–Crippen LogP) is 5.02. The molecule has 0 aliphatic rings. The van der Waals surface area contributed by atoms with Crippen molar-refractivity contribution in [3.8, 4) is 16.2 Å². The molecule has 0 aliphatic carbocycles. The summed E-state index contributed by atoms with van der Waals surface area (Å²) in [5, 5.41) is 10.9. The zero-order chi connectivity index (χ0) is 18.5. The SMILES string of the molecule is COc1cc(-c2cccs2)ccc1C(=O)/C=C/c1ccc(C(=O)O)cc1. The van der Waals surface area contributed by atoms with E-state index in [1.807, 2.05) is 29.6 Å². The van der Waals surface area contributed by atoms with Crippen LogP contribution in [0.15, 0.2) is 66.1 Å². The van der Waals surface area contributed by atoms with E-state index in [9.17, 15) is 9.59 Å². The number of carbonyl (C=O) groups excluding carboxylic acids is 1. The summed E-state index contributed by atoms with van der Waals surface area (Å²) < 4.78 is 5.38. The summed E-state index contributed by atoms with van der Waals surface area (Å²) in [6.07, 6.45) is 3.11. The van der Waals surface area contributed by atoms with Gasteiger partial charge in [0, 0.05) is 4.88 Å². The highest BCUT2D eigenvalue weighted by Gasteiger charge is 2.11. The molecule has 0 bridgehead atoms. The molecule has 0 atom stereocenters. The van der Waals surface area contributed by atoms with Gasteiger partial charge in [-0.15, -0.1) is 11.3 Å². The average Bonchev–Trinajstić information content (AvgIpc) is 3.20. The number of hydrogen-bond acceptors (Lipinski definition) is 4. The predicted molar refractivity (Wildman–Crippen MR) is 103 cm³/mol. The van der Waals surface area contributed by atoms with Crippen LogP contribution in [0.3, 0.4) is 0 Å². The van der Waals surface area contributed by atoms with Crippen molar-refractivity contribution in [2.24, 2.45) is 0 Å². The molecule has 3 rings (SSSR count). The first-order chi connectivity index (χ1) is 12.6. The number of aromatic carboxylic acids is 1. The molecule has 0 aliphatic heterocycles. The van der Waals surface area contributed by atoms with Crippen molar-refractivity contribution in [2.75, 3.05) is 7.11 Å². The normalized spacial score (nSPS) is 10.8. The van der Waals surface area contributed by atoms with Gasteiger partial charge < -0.3 is 9.84 Å². The van der Waals surface area contributed by atoms with Gasteiger partial charge in [-0.1, -0.05) is 30.3 Å². The maximum Gasteiger partial charge on any atom is 0.335 e. The molecule has 0 saturated carbocycles. The number of carbonyl (C=O) groups is 2. The maximum atomic E-state index is 12.5. The van der Waals surface area contributed by atoms with Gasteiger partial charge in [0.2, 0.25) is 0 Å². The third-order valence-electron chi connectivity index (χ3n) is 3.86. The van der Waals surface area contributed by atoms with E-state index in [0.29, 0.717) is 11.3 Å². The summed E-state index contributed by atoms with van der Waals surface area (Å²) in [4.78, 5) is 24.5. The number of allylic oxidation sites excluding steroid dienone is 1. The average molecular weight is 364 g/mol. The number of carboxylic acids is 1. The van der Waals surface area contributed by atoms with E-state index in [0.717, 1.165) is 16.0 Å². The molecule has 5 heteroatoms. The van der Waals surface area contributed by atoms with Gasteiger partial charge in [0.1, 0.15) is 5.75 Å². The third kappa shape index (κ3) is 3.90. The lowest BCUT2D eigenvalue weighted by Gasteiger charge is -2.08. The lowest BCUT2D eigenvalue weighted by atomic mass is 10.0. The molecule has 0 amide bonds.